The quantitative estimate of drug-likeness (QED) is 0.231. The average molecular weight is 582 g/mol. The lowest BCUT2D eigenvalue weighted by atomic mass is 10.1. The number of rotatable bonds is 15. The Bertz CT molecular complexity index is 889. The van der Waals surface area contributed by atoms with Crippen molar-refractivity contribution in [2.75, 3.05) is 32.9 Å². The van der Waals surface area contributed by atoms with Crippen molar-refractivity contribution in [1.29, 1.82) is 0 Å². The highest BCUT2D eigenvalue weighted by atomic mass is 79.9. The fourth-order valence-electron chi connectivity index (χ4n) is 4.67. The van der Waals surface area contributed by atoms with E-state index in [1.165, 1.54) is 37.0 Å². The number of piperazine rings is 1. The van der Waals surface area contributed by atoms with E-state index in [9.17, 15) is 14.4 Å². The molecule has 206 valence electrons. The Labute approximate surface area is 228 Å². The SMILES string of the molecule is CCCCCCCCCCOC(=O)CC1C(=O)NCCN1C(=O)c1ccc(OCC2CCCO2)c(Br)c1. The summed E-state index contributed by atoms with van der Waals surface area (Å²) in [6.45, 7) is 4.45. The van der Waals surface area contributed by atoms with Crippen molar-refractivity contribution in [1.82, 2.24) is 10.2 Å². The van der Waals surface area contributed by atoms with Crippen molar-refractivity contribution in [3.05, 3.63) is 28.2 Å². The molecule has 0 spiro atoms. The van der Waals surface area contributed by atoms with E-state index in [0.29, 0.717) is 42.1 Å². The first-order valence-corrected chi connectivity index (χ1v) is 14.6. The summed E-state index contributed by atoms with van der Waals surface area (Å²) in [5.41, 5.74) is 0.420. The van der Waals surface area contributed by atoms with E-state index < -0.39 is 12.0 Å². The van der Waals surface area contributed by atoms with Crippen LogP contribution < -0.4 is 10.1 Å². The molecule has 0 saturated carbocycles. The van der Waals surface area contributed by atoms with Gasteiger partial charge in [0, 0.05) is 25.3 Å². The van der Waals surface area contributed by atoms with Gasteiger partial charge in [-0.1, -0.05) is 51.9 Å². The van der Waals surface area contributed by atoms with Crippen molar-refractivity contribution in [2.24, 2.45) is 0 Å². The van der Waals surface area contributed by atoms with Gasteiger partial charge >= 0.3 is 5.97 Å². The van der Waals surface area contributed by atoms with E-state index in [0.717, 1.165) is 38.7 Å². The van der Waals surface area contributed by atoms with Crippen molar-refractivity contribution in [3.63, 3.8) is 0 Å². The Morgan fingerprint density at radius 3 is 2.59 bits per heavy atom. The van der Waals surface area contributed by atoms with E-state index in [-0.39, 0.29) is 24.3 Å². The Hall–Kier alpha value is -2.13. The van der Waals surface area contributed by atoms with Crippen molar-refractivity contribution in [2.45, 2.75) is 89.7 Å². The molecule has 37 heavy (non-hydrogen) atoms. The number of esters is 1. The summed E-state index contributed by atoms with van der Waals surface area (Å²) in [5.74, 6) is -0.465. The summed E-state index contributed by atoms with van der Waals surface area (Å²) in [6, 6.07) is 4.23. The first kappa shape index (κ1) is 29.4. The van der Waals surface area contributed by atoms with Crippen LogP contribution in [-0.4, -0.2) is 67.7 Å². The topological polar surface area (TPSA) is 94.2 Å². The van der Waals surface area contributed by atoms with Crippen LogP contribution in [0.15, 0.2) is 22.7 Å². The number of ether oxygens (including phenoxy) is 3. The highest BCUT2D eigenvalue weighted by molar-refractivity contribution is 9.10. The highest BCUT2D eigenvalue weighted by Crippen LogP contribution is 2.28. The Morgan fingerprint density at radius 1 is 1.14 bits per heavy atom. The molecular formula is C28H41BrN2O6. The second-order valence-corrected chi connectivity index (χ2v) is 10.7. The molecule has 2 amide bonds. The van der Waals surface area contributed by atoms with Gasteiger partial charge in [-0.15, -0.1) is 0 Å². The van der Waals surface area contributed by atoms with Gasteiger partial charge in [-0.05, 0) is 53.4 Å². The van der Waals surface area contributed by atoms with Gasteiger partial charge in [-0.3, -0.25) is 14.4 Å². The van der Waals surface area contributed by atoms with Crippen LogP contribution in [-0.2, 0) is 19.1 Å². The number of hydrogen-bond acceptors (Lipinski definition) is 6. The van der Waals surface area contributed by atoms with E-state index >= 15 is 0 Å². The van der Waals surface area contributed by atoms with E-state index in [4.69, 9.17) is 14.2 Å². The molecule has 2 aliphatic heterocycles. The monoisotopic (exact) mass is 580 g/mol. The third-order valence-electron chi connectivity index (χ3n) is 6.84. The largest absolute Gasteiger partial charge is 0.490 e. The predicted octanol–water partition coefficient (Wildman–Crippen LogP) is 5.02. The second-order valence-electron chi connectivity index (χ2n) is 9.80. The van der Waals surface area contributed by atoms with Crippen LogP contribution in [0.5, 0.6) is 5.75 Å². The molecule has 3 rings (SSSR count). The minimum Gasteiger partial charge on any atom is -0.490 e. The summed E-state index contributed by atoms with van der Waals surface area (Å²) >= 11 is 3.49. The molecule has 9 heteroatoms. The molecule has 8 nitrogen and oxygen atoms in total. The van der Waals surface area contributed by atoms with Crippen molar-refractivity contribution in [3.8, 4) is 5.75 Å². The number of nitrogens with zero attached hydrogens (tertiary/aromatic N) is 1. The van der Waals surface area contributed by atoms with Gasteiger partial charge in [0.1, 0.15) is 18.4 Å². The minimum atomic E-state index is -0.887. The van der Waals surface area contributed by atoms with Gasteiger partial charge in [0.2, 0.25) is 5.91 Å². The number of benzene rings is 1. The Kier molecular flexibility index (Phi) is 12.7. The molecule has 1 aromatic carbocycles. The van der Waals surface area contributed by atoms with Crippen LogP contribution >= 0.6 is 15.9 Å². The normalized spacial score (nSPS) is 19.5. The minimum absolute atomic E-state index is 0.0936. The van der Waals surface area contributed by atoms with Crippen LogP contribution in [0.25, 0.3) is 0 Å². The number of hydrogen-bond donors (Lipinski definition) is 1. The predicted molar refractivity (Wildman–Crippen MR) is 145 cm³/mol. The molecule has 2 saturated heterocycles. The number of halogens is 1. The van der Waals surface area contributed by atoms with E-state index in [2.05, 4.69) is 28.2 Å². The summed E-state index contributed by atoms with van der Waals surface area (Å²) in [7, 11) is 0. The van der Waals surface area contributed by atoms with Crippen LogP contribution in [0, 0.1) is 0 Å². The smallest absolute Gasteiger partial charge is 0.308 e. The first-order chi connectivity index (χ1) is 18.0. The van der Waals surface area contributed by atoms with Gasteiger partial charge in [-0.2, -0.15) is 0 Å². The van der Waals surface area contributed by atoms with Gasteiger partial charge < -0.3 is 24.4 Å². The molecule has 2 aliphatic rings. The van der Waals surface area contributed by atoms with Crippen LogP contribution in [0.1, 0.15) is 87.9 Å². The van der Waals surface area contributed by atoms with E-state index in [1.807, 2.05) is 0 Å². The summed E-state index contributed by atoms with van der Waals surface area (Å²) in [5, 5.41) is 2.76. The fraction of sp³-hybridized carbons (Fsp3) is 0.679. The van der Waals surface area contributed by atoms with Crippen molar-refractivity contribution < 1.29 is 28.6 Å². The zero-order chi connectivity index (χ0) is 26.5. The highest BCUT2D eigenvalue weighted by Gasteiger charge is 2.35. The molecule has 1 aromatic rings. The number of carbonyl (C=O) groups excluding carboxylic acids is 3. The third kappa shape index (κ3) is 9.60. The first-order valence-electron chi connectivity index (χ1n) is 13.8. The maximum atomic E-state index is 13.3. The lowest BCUT2D eigenvalue weighted by Gasteiger charge is -2.34. The molecule has 2 atom stereocenters. The molecule has 0 aromatic heterocycles. The molecule has 0 bridgehead atoms. The van der Waals surface area contributed by atoms with Gasteiger partial charge in [0.25, 0.3) is 5.91 Å². The van der Waals surface area contributed by atoms with Gasteiger partial charge in [-0.25, -0.2) is 0 Å². The fourth-order valence-corrected chi connectivity index (χ4v) is 5.17. The zero-order valence-corrected chi connectivity index (χ0v) is 23.6. The second kappa shape index (κ2) is 16.0. The Morgan fingerprint density at radius 2 is 1.89 bits per heavy atom. The molecule has 2 fully saturated rings. The van der Waals surface area contributed by atoms with Crippen LogP contribution in [0.3, 0.4) is 0 Å². The number of nitrogens with one attached hydrogen (secondary N) is 1. The molecule has 2 heterocycles. The number of carbonyl (C=O) groups is 3. The maximum absolute atomic E-state index is 13.3. The summed E-state index contributed by atoms with van der Waals surface area (Å²) in [6.07, 6.45) is 11.2. The zero-order valence-electron chi connectivity index (χ0n) is 22.0. The van der Waals surface area contributed by atoms with Crippen LogP contribution in [0.4, 0.5) is 0 Å². The standard InChI is InChI=1S/C28H41BrN2O6/c1-2-3-4-5-6-7-8-9-16-36-26(32)19-24-27(33)30-14-15-31(24)28(34)21-12-13-25(23(29)18-21)37-20-22-11-10-17-35-22/h12-13,18,22,24H,2-11,14-17,19-20H2,1H3,(H,30,33). The molecule has 0 aliphatic carbocycles. The molecule has 1 N–H and O–H groups in total. The average Bonchev–Trinajstić information content (AvgIpc) is 3.41. The van der Waals surface area contributed by atoms with Gasteiger partial charge in [0.15, 0.2) is 0 Å². The summed E-state index contributed by atoms with van der Waals surface area (Å²) < 4.78 is 17.5. The number of unbranched alkanes of at least 4 members (excludes halogenated alkanes) is 7. The van der Waals surface area contributed by atoms with Crippen LogP contribution in [0.2, 0.25) is 0 Å². The number of amides is 2. The molecular weight excluding hydrogens is 540 g/mol. The molecule has 2 unspecified atom stereocenters. The maximum Gasteiger partial charge on any atom is 0.308 e. The lowest BCUT2D eigenvalue weighted by Crippen LogP contribution is -2.57. The van der Waals surface area contributed by atoms with Crippen molar-refractivity contribution >= 4 is 33.7 Å². The lowest BCUT2D eigenvalue weighted by molar-refractivity contribution is -0.147. The summed E-state index contributed by atoms with van der Waals surface area (Å²) in [4.78, 5) is 39.8. The van der Waals surface area contributed by atoms with E-state index in [1.54, 1.807) is 18.2 Å². The molecule has 0 radical (unpaired) electrons. The Balaban J connectivity index is 1.47. The third-order valence-corrected chi connectivity index (χ3v) is 7.46. The van der Waals surface area contributed by atoms with Gasteiger partial charge in [0.05, 0.1) is 23.6 Å².